The predicted octanol–water partition coefficient (Wildman–Crippen LogP) is 4.54. The number of aromatic nitrogens is 4. The molecule has 0 aliphatic heterocycles. The molecule has 0 aliphatic carbocycles. The molecular weight excluding hydrogens is 296 g/mol. The van der Waals surface area contributed by atoms with Crippen LogP contribution >= 0.6 is 0 Å². The zero-order valence-corrected chi connectivity index (χ0v) is 12.8. The first kappa shape index (κ1) is 13.1. The number of fused-ring (bicyclic) bond motifs is 2. The van der Waals surface area contributed by atoms with E-state index < -0.39 is 0 Å². The number of hydrogen-bond acceptors (Lipinski definition) is 2. The second-order valence-corrected chi connectivity index (χ2v) is 5.74. The molecule has 0 atom stereocenters. The molecule has 2 aromatic carbocycles. The van der Waals surface area contributed by atoms with Gasteiger partial charge in [-0.25, -0.2) is 9.50 Å². The highest BCUT2D eigenvalue weighted by atomic mass is 15.2. The van der Waals surface area contributed by atoms with E-state index >= 15 is 0 Å². The van der Waals surface area contributed by atoms with Crippen LogP contribution in [0.5, 0.6) is 0 Å². The molecule has 5 rings (SSSR count). The maximum atomic E-state index is 4.75. The summed E-state index contributed by atoms with van der Waals surface area (Å²) in [5, 5.41) is 5.64. The lowest BCUT2D eigenvalue weighted by atomic mass is 10.1. The standard InChI is InChI=1S/C20H14N4/c1-2-6-14(7-3-1)18-12-19(24-20(23-18)10-11-22-24)16-13-21-17-9-5-4-8-15(16)17/h1-13,21H. The smallest absolute Gasteiger partial charge is 0.156 e. The van der Waals surface area contributed by atoms with Crippen molar-refractivity contribution in [3.05, 3.63) is 79.1 Å². The number of nitrogens with one attached hydrogen (secondary N) is 1. The predicted molar refractivity (Wildman–Crippen MR) is 95.7 cm³/mol. The average Bonchev–Trinajstić information content (AvgIpc) is 3.28. The summed E-state index contributed by atoms with van der Waals surface area (Å²) in [5.74, 6) is 0. The van der Waals surface area contributed by atoms with Crippen LogP contribution in [-0.4, -0.2) is 19.6 Å². The molecule has 5 aromatic rings. The number of H-pyrrole nitrogens is 1. The maximum Gasteiger partial charge on any atom is 0.156 e. The van der Waals surface area contributed by atoms with E-state index in [9.17, 15) is 0 Å². The summed E-state index contributed by atoms with van der Waals surface area (Å²) >= 11 is 0. The molecule has 0 aliphatic rings. The van der Waals surface area contributed by atoms with Gasteiger partial charge >= 0.3 is 0 Å². The number of aromatic amines is 1. The number of hydrogen-bond donors (Lipinski definition) is 1. The van der Waals surface area contributed by atoms with E-state index in [0.29, 0.717) is 0 Å². The Kier molecular flexibility index (Phi) is 2.76. The minimum Gasteiger partial charge on any atom is -0.360 e. The van der Waals surface area contributed by atoms with E-state index in [0.717, 1.165) is 33.7 Å². The van der Waals surface area contributed by atoms with Crippen LogP contribution in [0.3, 0.4) is 0 Å². The first-order valence-electron chi connectivity index (χ1n) is 7.87. The van der Waals surface area contributed by atoms with Crippen LogP contribution in [0.25, 0.3) is 39.1 Å². The monoisotopic (exact) mass is 310 g/mol. The SMILES string of the molecule is c1ccc(-c2cc(-c3c[nH]c4ccccc34)n3nccc3n2)cc1. The van der Waals surface area contributed by atoms with Crippen molar-refractivity contribution >= 4 is 16.6 Å². The number of benzene rings is 2. The summed E-state index contributed by atoms with van der Waals surface area (Å²) in [7, 11) is 0. The van der Waals surface area contributed by atoms with Crippen molar-refractivity contribution in [3.8, 4) is 22.5 Å². The third-order valence-corrected chi connectivity index (χ3v) is 4.29. The van der Waals surface area contributed by atoms with Crippen molar-refractivity contribution in [3.63, 3.8) is 0 Å². The Bertz CT molecular complexity index is 1150. The van der Waals surface area contributed by atoms with Crippen molar-refractivity contribution in [2.24, 2.45) is 0 Å². The molecule has 1 N–H and O–H groups in total. The van der Waals surface area contributed by atoms with E-state index in [1.165, 1.54) is 5.39 Å². The third-order valence-electron chi connectivity index (χ3n) is 4.29. The minimum absolute atomic E-state index is 0.844. The van der Waals surface area contributed by atoms with Gasteiger partial charge in [0.2, 0.25) is 0 Å². The van der Waals surface area contributed by atoms with E-state index in [4.69, 9.17) is 4.98 Å². The summed E-state index contributed by atoms with van der Waals surface area (Å²) in [6.07, 6.45) is 3.82. The van der Waals surface area contributed by atoms with Crippen LogP contribution in [0.2, 0.25) is 0 Å². The van der Waals surface area contributed by atoms with Gasteiger partial charge in [-0.2, -0.15) is 5.10 Å². The Balaban J connectivity index is 1.83. The second-order valence-electron chi connectivity index (χ2n) is 5.74. The van der Waals surface area contributed by atoms with Gasteiger partial charge in [-0.15, -0.1) is 0 Å². The van der Waals surface area contributed by atoms with Crippen LogP contribution in [0.15, 0.2) is 79.1 Å². The fourth-order valence-electron chi connectivity index (χ4n) is 3.15. The van der Waals surface area contributed by atoms with Crippen LogP contribution in [0.4, 0.5) is 0 Å². The van der Waals surface area contributed by atoms with Gasteiger partial charge in [0.25, 0.3) is 0 Å². The van der Waals surface area contributed by atoms with E-state index in [1.807, 2.05) is 41.0 Å². The highest BCUT2D eigenvalue weighted by Gasteiger charge is 2.13. The van der Waals surface area contributed by atoms with Gasteiger partial charge in [-0.05, 0) is 12.1 Å². The Morgan fingerprint density at radius 3 is 2.62 bits per heavy atom. The largest absolute Gasteiger partial charge is 0.360 e. The minimum atomic E-state index is 0.844. The summed E-state index contributed by atoms with van der Waals surface area (Å²) in [6.45, 7) is 0. The van der Waals surface area contributed by atoms with Gasteiger partial charge in [0.1, 0.15) is 0 Å². The lowest BCUT2D eigenvalue weighted by Gasteiger charge is -2.08. The van der Waals surface area contributed by atoms with Gasteiger partial charge in [0.15, 0.2) is 5.65 Å². The van der Waals surface area contributed by atoms with Crippen molar-refractivity contribution in [1.82, 2.24) is 19.6 Å². The Hall–Kier alpha value is -3.40. The Morgan fingerprint density at radius 1 is 0.875 bits per heavy atom. The zero-order chi connectivity index (χ0) is 15.9. The molecule has 24 heavy (non-hydrogen) atoms. The molecule has 4 nitrogen and oxygen atoms in total. The summed E-state index contributed by atoms with van der Waals surface area (Å²) in [4.78, 5) is 8.09. The van der Waals surface area contributed by atoms with Crippen LogP contribution < -0.4 is 0 Å². The second kappa shape index (κ2) is 5.06. The van der Waals surface area contributed by atoms with Gasteiger partial charge in [-0.1, -0.05) is 48.5 Å². The van der Waals surface area contributed by atoms with Gasteiger partial charge in [0, 0.05) is 34.3 Å². The zero-order valence-electron chi connectivity index (χ0n) is 12.8. The van der Waals surface area contributed by atoms with E-state index in [2.05, 4.69) is 46.5 Å². The summed E-state index contributed by atoms with van der Waals surface area (Å²) in [5.41, 5.74) is 6.16. The van der Waals surface area contributed by atoms with Crippen molar-refractivity contribution in [2.75, 3.05) is 0 Å². The molecule has 3 heterocycles. The van der Waals surface area contributed by atoms with Crippen molar-refractivity contribution in [1.29, 1.82) is 0 Å². The molecule has 0 amide bonds. The first-order valence-corrected chi connectivity index (χ1v) is 7.87. The van der Waals surface area contributed by atoms with Gasteiger partial charge in [0.05, 0.1) is 17.6 Å². The number of para-hydroxylation sites is 1. The molecule has 0 bridgehead atoms. The molecular formula is C20H14N4. The topological polar surface area (TPSA) is 46.0 Å². The molecule has 0 unspecified atom stereocenters. The van der Waals surface area contributed by atoms with Crippen LogP contribution in [0, 0.1) is 0 Å². The Labute approximate surface area is 138 Å². The summed E-state index contributed by atoms with van der Waals surface area (Å²) in [6, 6.07) is 22.6. The number of rotatable bonds is 2. The molecule has 0 fully saturated rings. The van der Waals surface area contributed by atoms with Crippen LogP contribution in [-0.2, 0) is 0 Å². The third kappa shape index (κ3) is 1.93. The van der Waals surface area contributed by atoms with E-state index in [1.54, 1.807) is 6.20 Å². The fourth-order valence-corrected chi connectivity index (χ4v) is 3.15. The lowest BCUT2D eigenvalue weighted by molar-refractivity contribution is 0.950. The van der Waals surface area contributed by atoms with E-state index in [-0.39, 0.29) is 0 Å². The summed E-state index contributed by atoms with van der Waals surface area (Å²) < 4.78 is 1.89. The van der Waals surface area contributed by atoms with Crippen LogP contribution in [0.1, 0.15) is 0 Å². The van der Waals surface area contributed by atoms with Crippen molar-refractivity contribution in [2.45, 2.75) is 0 Å². The highest BCUT2D eigenvalue weighted by Crippen LogP contribution is 2.31. The normalized spacial score (nSPS) is 11.3. The average molecular weight is 310 g/mol. The molecule has 4 heteroatoms. The fraction of sp³-hybridized carbons (Fsp3) is 0. The molecule has 0 spiro atoms. The number of nitrogens with zero attached hydrogens (tertiary/aromatic N) is 3. The molecule has 3 aromatic heterocycles. The highest BCUT2D eigenvalue weighted by molar-refractivity contribution is 5.95. The molecule has 0 saturated carbocycles. The molecule has 114 valence electrons. The van der Waals surface area contributed by atoms with Crippen molar-refractivity contribution < 1.29 is 0 Å². The first-order chi connectivity index (χ1) is 11.9. The molecule has 0 saturated heterocycles. The Morgan fingerprint density at radius 2 is 1.71 bits per heavy atom. The quantitative estimate of drug-likeness (QED) is 0.520. The lowest BCUT2D eigenvalue weighted by Crippen LogP contribution is -1.97. The maximum absolute atomic E-state index is 4.75. The van der Waals surface area contributed by atoms with Gasteiger partial charge in [-0.3, -0.25) is 0 Å². The van der Waals surface area contributed by atoms with Gasteiger partial charge < -0.3 is 4.98 Å². The molecule has 0 radical (unpaired) electrons.